The Morgan fingerprint density at radius 1 is 1.07 bits per heavy atom. The number of hydrogen-bond acceptors (Lipinski definition) is 7. The molecule has 2 radical (unpaired) electrons. The molecule has 2 amide bonds. The lowest BCUT2D eigenvalue weighted by Gasteiger charge is -2.43. The topological polar surface area (TPSA) is 89.6 Å². The van der Waals surface area contributed by atoms with E-state index < -0.39 is 6.09 Å². The molecule has 216 valence electrons. The Balaban J connectivity index is 1.60. The van der Waals surface area contributed by atoms with Gasteiger partial charge >= 0.3 is 6.09 Å². The molecule has 0 bridgehead atoms. The lowest BCUT2D eigenvalue weighted by molar-refractivity contribution is 0.0376. The number of amides is 2. The van der Waals surface area contributed by atoms with Crippen molar-refractivity contribution in [1.82, 2.24) is 15.0 Å². The average molecular weight is 551 g/mol. The molecule has 0 saturated carbocycles. The van der Waals surface area contributed by atoms with Gasteiger partial charge in [-0.2, -0.15) is 0 Å². The molecule has 1 aliphatic heterocycles. The lowest BCUT2D eigenvalue weighted by Crippen LogP contribution is -2.55. The van der Waals surface area contributed by atoms with Crippen LogP contribution in [0.3, 0.4) is 0 Å². The minimum absolute atomic E-state index is 0.00628. The van der Waals surface area contributed by atoms with E-state index in [0.29, 0.717) is 56.3 Å². The van der Waals surface area contributed by atoms with Crippen LogP contribution in [0.5, 0.6) is 11.5 Å². The summed E-state index contributed by atoms with van der Waals surface area (Å²) in [6, 6.07) is 15.0. The summed E-state index contributed by atoms with van der Waals surface area (Å²) in [7, 11) is 9.50. The first-order valence-corrected chi connectivity index (χ1v) is 13.9. The molecule has 2 aromatic rings. The molecule has 9 nitrogen and oxygen atoms in total. The highest BCUT2D eigenvalue weighted by Gasteiger charge is 2.34. The normalized spacial score (nSPS) is 17.3. The molecule has 0 aliphatic carbocycles. The van der Waals surface area contributed by atoms with Gasteiger partial charge < -0.3 is 34.0 Å². The number of nitrogens with zero attached hydrogens (tertiary/aromatic N) is 2. The predicted molar refractivity (Wildman–Crippen MR) is 155 cm³/mol. The molecule has 1 N–H and O–H groups in total. The third-order valence-corrected chi connectivity index (χ3v) is 6.86. The first kappa shape index (κ1) is 31.3. The molecule has 2 unspecified atom stereocenters. The van der Waals surface area contributed by atoms with E-state index >= 15 is 0 Å². The molecule has 1 fully saturated rings. The number of piperidine rings is 1. The fraction of sp³-hybridized carbons (Fsp3) is 0.533. The number of rotatable bonds is 14. The molecule has 1 saturated heterocycles. The van der Waals surface area contributed by atoms with Crippen LogP contribution in [0.2, 0.25) is 0 Å². The maximum Gasteiger partial charge on any atom is 0.407 e. The van der Waals surface area contributed by atoms with Crippen LogP contribution in [0.1, 0.15) is 42.6 Å². The van der Waals surface area contributed by atoms with E-state index in [1.54, 1.807) is 37.2 Å². The minimum atomic E-state index is -0.449. The first-order chi connectivity index (χ1) is 19.3. The first-order valence-electron chi connectivity index (χ1n) is 13.9. The van der Waals surface area contributed by atoms with Gasteiger partial charge in [-0.1, -0.05) is 30.3 Å². The fourth-order valence-corrected chi connectivity index (χ4v) is 5.01. The van der Waals surface area contributed by atoms with E-state index in [-0.39, 0.29) is 30.5 Å². The van der Waals surface area contributed by atoms with Crippen LogP contribution in [0, 0.1) is 5.92 Å². The fourth-order valence-electron chi connectivity index (χ4n) is 5.01. The molecular weight excluding hydrogens is 509 g/mol. The van der Waals surface area contributed by atoms with Crippen LogP contribution in [0.4, 0.5) is 4.79 Å². The van der Waals surface area contributed by atoms with Crippen molar-refractivity contribution in [3.63, 3.8) is 0 Å². The molecular formula is C30H42BN3O6. The summed E-state index contributed by atoms with van der Waals surface area (Å²) < 4.78 is 21.9. The van der Waals surface area contributed by atoms with Crippen LogP contribution < -0.4 is 14.8 Å². The second kappa shape index (κ2) is 16.1. The third kappa shape index (κ3) is 9.45. The summed E-state index contributed by atoms with van der Waals surface area (Å²) in [4.78, 5) is 29.6. The number of carbonyl (C=O) groups is 2. The molecule has 0 aromatic heterocycles. The van der Waals surface area contributed by atoms with Gasteiger partial charge in [-0.15, -0.1) is 0 Å². The zero-order chi connectivity index (χ0) is 28.9. The van der Waals surface area contributed by atoms with Crippen LogP contribution in [-0.2, 0) is 15.9 Å². The summed E-state index contributed by atoms with van der Waals surface area (Å²) in [6.07, 6.45) is 1.67. The smallest absolute Gasteiger partial charge is 0.407 e. The summed E-state index contributed by atoms with van der Waals surface area (Å²) >= 11 is 0. The highest BCUT2D eigenvalue weighted by Crippen LogP contribution is 2.30. The van der Waals surface area contributed by atoms with Gasteiger partial charge in [0.25, 0.3) is 5.91 Å². The van der Waals surface area contributed by atoms with Crippen molar-refractivity contribution in [2.75, 3.05) is 53.7 Å². The average Bonchev–Trinajstić information content (AvgIpc) is 2.94. The largest absolute Gasteiger partial charge is 0.493 e. The Morgan fingerprint density at radius 3 is 2.55 bits per heavy atom. The van der Waals surface area contributed by atoms with Crippen molar-refractivity contribution in [3.8, 4) is 11.5 Å². The predicted octanol–water partition coefficient (Wildman–Crippen LogP) is 3.70. The van der Waals surface area contributed by atoms with Gasteiger partial charge in [0.1, 0.15) is 0 Å². The zero-order valence-corrected chi connectivity index (χ0v) is 24.1. The summed E-state index contributed by atoms with van der Waals surface area (Å²) in [5.41, 5.74) is 1.66. The van der Waals surface area contributed by atoms with Crippen LogP contribution in [0.15, 0.2) is 48.5 Å². The lowest BCUT2D eigenvalue weighted by atomic mass is 9.90. The number of hydrogen-bond donors (Lipinski definition) is 1. The monoisotopic (exact) mass is 551 g/mol. The van der Waals surface area contributed by atoms with E-state index in [4.69, 9.17) is 26.9 Å². The van der Waals surface area contributed by atoms with Crippen molar-refractivity contribution in [2.45, 2.75) is 45.2 Å². The van der Waals surface area contributed by atoms with Crippen molar-refractivity contribution in [1.29, 1.82) is 0 Å². The molecule has 1 heterocycles. The highest BCUT2D eigenvalue weighted by molar-refractivity contribution is 6.04. The molecule has 2 aromatic carbocycles. The SMILES string of the molecule is [B]N1CC(COC(=O)NCCc2ccccc2)CC(N(C(=O)c2ccc(OC)c(OCCCOC)c2)C(C)C)C1. The minimum Gasteiger partial charge on any atom is -0.493 e. The quantitative estimate of drug-likeness (QED) is 0.283. The van der Waals surface area contributed by atoms with Crippen molar-refractivity contribution in [3.05, 3.63) is 59.7 Å². The molecule has 40 heavy (non-hydrogen) atoms. The van der Waals surface area contributed by atoms with Gasteiger partial charge in [0.2, 0.25) is 0 Å². The standard InChI is InChI=1S/C30H42BN3O6/c1-22(2)34(29(35)25-11-12-27(38-4)28(18-25)39-16-8-15-37-3)26-17-24(19-33(31)20-26)21-40-30(36)32-14-13-23-9-6-5-7-10-23/h5-7,9-12,18,22,24,26H,8,13-17,19-21H2,1-4H3,(H,32,36). The van der Waals surface area contributed by atoms with Gasteiger partial charge in [0.15, 0.2) is 19.5 Å². The maximum absolute atomic E-state index is 13.8. The Labute approximate surface area is 239 Å². The molecule has 10 heteroatoms. The van der Waals surface area contributed by atoms with E-state index in [1.165, 1.54) is 0 Å². The van der Waals surface area contributed by atoms with Gasteiger partial charge in [0, 0.05) is 56.8 Å². The van der Waals surface area contributed by atoms with Crippen LogP contribution in [0.25, 0.3) is 0 Å². The number of nitrogens with one attached hydrogen (secondary N) is 1. The maximum atomic E-state index is 13.8. The number of ether oxygens (including phenoxy) is 4. The van der Waals surface area contributed by atoms with Crippen molar-refractivity contribution in [2.24, 2.45) is 5.92 Å². The van der Waals surface area contributed by atoms with Gasteiger partial charge in [-0.3, -0.25) is 4.79 Å². The van der Waals surface area contributed by atoms with E-state index in [1.807, 2.05) is 49.1 Å². The number of alkyl carbamates (subject to hydrolysis) is 1. The summed E-state index contributed by atoms with van der Waals surface area (Å²) in [5.74, 6) is 0.961. The summed E-state index contributed by atoms with van der Waals surface area (Å²) in [6.45, 7) is 6.84. The molecule has 3 rings (SSSR count). The van der Waals surface area contributed by atoms with E-state index in [0.717, 1.165) is 18.4 Å². The van der Waals surface area contributed by atoms with Crippen molar-refractivity contribution >= 4 is 20.0 Å². The Bertz CT molecular complexity index is 1070. The van der Waals surface area contributed by atoms with Crippen molar-refractivity contribution < 1.29 is 28.5 Å². The van der Waals surface area contributed by atoms with Gasteiger partial charge in [0.05, 0.1) is 20.3 Å². The second-order valence-electron chi connectivity index (χ2n) is 10.3. The number of benzene rings is 2. The Hall–Kier alpha value is -3.24. The molecule has 1 aliphatic rings. The molecule has 2 atom stereocenters. The van der Waals surface area contributed by atoms with Gasteiger partial charge in [-0.05, 0) is 57.0 Å². The van der Waals surface area contributed by atoms with E-state index in [9.17, 15) is 9.59 Å². The zero-order valence-electron chi connectivity index (χ0n) is 24.1. The second-order valence-corrected chi connectivity index (χ2v) is 10.3. The van der Waals surface area contributed by atoms with Crippen LogP contribution in [-0.4, -0.2) is 95.5 Å². The highest BCUT2D eigenvalue weighted by atomic mass is 16.5. The number of methoxy groups -OCH3 is 2. The van der Waals surface area contributed by atoms with Gasteiger partial charge in [-0.25, -0.2) is 4.79 Å². The third-order valence-electron chi connectivity index (χ3n) is 6.86. The molecule has 0 spiro atoms. The van der Waals surface area contributed by atoms with Crippen LogP contribution >= 0.6 is 0 Å². The van der Waals surface area contributed by atoms with E-state index in [2.05, 4.69) is 5.32 Å². The Morgan fingerprint density at radius 2 is 1.85 bits per heavy atom. The number of carbonyl (C=O) groups excluding carboxylic acids is 2. The summed E-state index contributed by atoms with van der Waals surface area (Å²) in [5, 5.41) is 2.81. The Kier molecular flexibility index (Phi) is 12.6.